The van der Waals surface area contributed by atoms with Gasteiger partial charge in [-0.15, -0.1) is 0 Å². The highest BCUT2D eigenvalue weighted by Gasteiger charge is 2.04. The van der Waals surface area contributed by atoms with E-state index < -0.39 is 0 Å². The van der Waals surface area contributed by atoms with Crippen LogP contribution in [-0.2, 0) is 16.1 Å². The predicted octanol–water partition coefficient (Wildman–Crippen LogP) is 1.25. The smallest absolute Gasteiger partial charge is 0.307 e. The highest BCUT2D eigenvalue weighted by molar-refractivity contribution is 5.73. The molecule has 0 bridgehead atoms. The van der Waals surface area contributed by atoms with E-state index in [9.17, 15) is 9.59 Å². The first-order chi connectivity index (χ1) is 6.77. The van der Waals surface area contributed by atoms with Gasteiger partial charge in [0, 0.05) is 12.7 Å². The molecule has 0 saturated heterocycles. The zero-order chi connectivity index (χ0) is 10.4. The summed E-state index contributed by atoms with van der Waals surface area (Å²) in [6.07, 6.45) is 2.83. The number of carbonyl (C=O) groups excluding carboxylic acids is 2. The third kappa shape index (κ3) is 2.73. The lowest BCUT2D eigenvalue weighted by atomic mass is 10.4. The van der Waals surface area contributed by atoms with Crippen LogP contribution < -0.4 is 0 Å². The summed E-state index contributed by atoms with van der Waals surface area (Å²) in [7, 11) is 0. The molecule has 1 rings (SSSR count). The number of nitrogens with zero attached hydrogens (tertiary/aromatic N) is 1. The fourth-order valence-corrected chi connectivity index (χ4v) is 1.18. The molecule has 0 spiro atoms. The normalized spacial score (nSPS) is 9.79. The lowest BCUT2D eigenvalue weighted by molar-refractivity contribution is -0.143. The van der Waals surface area contributed by atoms with Crippen LogP contribution in [0, 0.1) is 0 Å². The van der Waals surface area contributed by atoms with Gasteiger partial charge in [-0.2, -0.15) is 0 Å². The average Bonchev–Trinajstić information content (AvgIpc) is 2.62. The van der Waals surface area contributed by atoms with Crippen molar-refractivity contribution in [2.24, 2.45) is 0 Å². The topological polar surface area (TPSA) is 48.3 Å². The summed E-state index contributed by atoms with van der Waals surface area (Å²) in [5.74, 6) is -0.238. The van der Waals surface area contributed by atoms with Crippen LogP contribution in [0.1, 0.15) is 23.8 Å². The number of aromatic nitrogens is 1. The molecule has 76 valence electrons. The number of hydrogen-bond acceptors (Lipinski definition) is 3. The Morgan fingerprint density at radius 2 is 2.43 bits per heavy atom. The molecule has 0 fully saturated rings. The van der Waals surface area contributed by atoms with Crippen LogP contribution in [0.25, 0.3) is 0 Å². The summed E-state index contributed by atoms with van der Waals surface area (Å²) < 4.78 is 6.50. The Hall–Kier alpha value is -1.58. The van der Waals surface area contributed by atoms with E-state index in [1.807, 2.05) is 0 Å². The quantitative estimate of drug-likeness (QED) is 0.525. The molecule has 0 saturated carbocycles. The number of hydrogen-bond donors (Lipinski definition) is 0. The van der Waals surface area contributed by atoms with Gasteiger partial charge in [0.05, 0.1) is 18.7 Å². The zero-order valence-electron chi connectivity index (χ0n) is 8.10. The Morgan fingerprint density at radius 1 is 1.64 bits per heavy atom. The fraction of sp³-hybridized carbons (Fsp3) is 0.400. The maximum Gasteiger partial charge on any atom is 0.307 e. The van der Waals surface area contributed by atoms with E-state index in [0.29, 0.717) is 25.3 Å². The van der Waals surface area contributed by atoms with Crippen LogP contribution in [0.4, 0.5) is 0 Å². The molecule has 4 heteroatoms. The lowest BCUT2D eigenvalue weighted by Crippen LogP contribution is -2.09. The highest BCUT2D eigenvalue weighted by Crippen LogP contribution is 2.01. The van der Waals surface area contributed by atoms with Gasteiger partial charge in [-0.3, -0.25) is 9.59 Å². The predicted molar refractivity (Wildman–Crippen MR) is 51.1 cm³/mol. The van der Waals surface area contributed by atoms with Gasteiger partial charge in [-0.05, 0) is 19.1 Å². The summed E-state index contributed by atoms with van der Waals surface area (Å²) in [5, 5.41) is 0. The first-order valence-electron chi connectivity index (χ1n) is 4.54. The molecule has 0 atom stereocenters. The van der Waals surface area contributed by atoms with Crippen molar-refractivity contribution in [3.05, 3.63) is 24.0 Å². The van der Waals surface area contributed by atoms with Crippen molar-refractivity contribution in [1.29, 1.82) is 0 Å². The molecule has 0 aliphatic rings. The summed E-state index contributed by atoms with van der Waals surface area (Å²) in [4.78, 5) is 21.5. The minimum absolute atomic E-state index is 0.238. The van der Waals surface area contributed by atoms with Gasteiger partial charge in [-0.25, -0.2) is 0 Å². The first kappa shape index (κ1) is 10.5. The van der Waals surface area contributed by atoms with E-state index in [0.717, 1.165) is 6.29 Å². The Bertz CT molecular complexity index is 317. The van der Waals surface area contributed by atoms with Gasteiger partial charge in [0.1, 0.15) is 0 Å². The molecular formula is C10H13NO3. The van der Waals surface area contributed by atoms with Crippen molar-refractivity contribution in [2.75, 3.05) is 6.61 Å². The van der Waals surface area contributed by atoms with Crippen LogP contribution in [0.3, 0.4) is 0 Å². The van der Waals surface area contributed by atoms with Crippen molar-refractivity contribution in [3.8, 4) is 0 Å². The van der Waals surface area contributed by atoms with E-state index in [2.05, 4.69) is 0 Å². The van der Waals surface area contributed by atoms with Crippen LogP contribution in [0.15, 0.2) is 18.3 Å². The summed E-state index contributed by atoms with van der Waals surface area (Å²) in [6, 6.07) is 3.48. The van der Waals surface area contributed by atoms with Crippen molar-refractivity contribution >= 4 is 12.3 Å². The van der Waals surface area contributed by atoms with Gasteiger partial charge in [0.15, 0.2) is 6.29 Å². The van der Waals surface area contributed by atoms with Gasteiger partial charge in [-0.1, -0.05) is 0 Å². The van der Waals surface area contributed by atoms with E-state index in [1.54, 1.807) is 29.8 Å². The maximum absolute atomic E-state index is 11.0. The molecule has 0 aliphatic heterocycles. The molecular weight excluding hydrogens is 182 g/mol. The summed E-state index contributed by atoms with van der Waals surface area (Å²) in [5.41, 5.74) is 0.578. The third-order valence-electron chi connectivity index (χ3n) is 1.85. The van der Waals surface area contributed by atoms with Crippen LogP contribution in [0.5, 0.6) is 0 Å². The Kier molecular flexibility index (Phi) is 3.91. The van der Waals surface area contributed by atoms with E-state index in [4.69, 9.17) is 4.74 Å². The number of aryl methyl sites for hydroxylation is 1. The summed E-state index contributed by atoms with van der Waals surface area (Å²) >= 11 is 0. The molecule has 0 unspecified atom stereocenters. The number of carbonyl (C=O) groups is 2. The standard InChI is InChI=1S/C10H13NO3/c1-2-14-10(13)5-7-11-6-3-4-9(11)8-12/h3-4,6,8H,2,5,7H2,1H3. The molecule has 0 N–H and O–H groups in total. The maximum atomic E-state index is 11.0. The Labute approximate surface area is 82.5 Å². The van der Waals surface area contributed by atoms with E-state index >= 15 is 0 Å². The summed E-state index contributed by atoms with van der Waals surface area (Å²) in [6.45, 7) is 2.65. The molecule has 0 aromatic carbocycles. The molecule has 4 nitrogen and oxygen atoms in total. The second-order valence-corrected chi connectivity index (χ2v) is 2.80. The van der Waals surface area contributed by atoms with Gasteiger partial charge >= 0.3 is 5.97 Å². The van der Waals surface area contributed by atoms with E-state index in [-0.39, 0.29) is 5.97 Å². The molecule has 1 heterocycles. The molecule has 1 aromatic rings. The van der Waals surface area contributed by atoms with Crippen molar-refractivity contribution < 1.29 is 14.3 Å². The van der Waals surface area contributed by atoms with Crippen molar-refractivity contribution in [2.45, 2.75) is 19.9 Å². The number of rotatable bonds is 5. The molecule has 1 aromatic heterocycles. The SMILES string of the molecule is CCOC(=O)CCn1cccc1C=O. The third-order valence-corrected chi connectivity index (χ3v) is 1.85. The minimum Gasteiger partial charge on any atom is -0.466 e. The largest absolute Gasteiger partial charge is 0.466 e. The molecule has 0 amide bonds. The van der Waals surface area contributed by atoms with Gasteiger partial charge in [0.2, 0.25) is 0 Å². The van der Waals surface area contributed by atoms with Gasteiger partial charge in [0.25, 0.3) is 0 Å². The van der Waals surface area contributed by atoms with Crippen LogP contribution >= 0.6 is 0 Å². The Balaban J connectivity index is 2.45. The average molecular weight is 195 g/mol. The Morgan fingerprint density at radius 3 is 3.07 bits per heavy atom. The van der Waals surface area contributed by atoms with E-state index in [1.165, 1.54) is 0 Å². The zero-order valence-corrected chi connectivity index (χ0v) is 8.10. The minimum atomic E-state index is -0.238. The monoisotopic (exact) mass is 195 g/mol. The molecule has 14 heavy (non-hydrogen) atoms. The highest BCUT2D eigenvalue weighted by atomic mass is 16.5. The fourth-order valence-electron chi connectivity index (χ4n) is 1.18. The molecule has 0 aliphatic carbocycles. The van der Waals surface area contributed by atoms with Crippen LogP contribution in [0.2, 0.25) is 0 Å². The van der Waals surface area contributed by atoms with Gasteiger partial charge < -0.3 is 9.30 Å². The second-order valence-electron chi connectivity index (χ2n) is 2.80. The number of esters is 1. The number of aldehydes is 1. The van der Waals surface area contributed by atoms with Crippen molar-refractivity contribution in [3.63, 3.8) is 0 Å². The second kappa shape index (κ2) is 5.21. The first-order valence-corrected chi connectivity index (χ1v) is 4.54. The van der Waals surface area contributed by atoms with Crippen LogP contribution in [-0.4, -0.2) is 23.4 Å². The number of ether oxygens (including phenoxy) is 1. The lowest BCUT2D eigenvalue weighted by Gasteiger charge is -2.04. The molecule has 0 radical (unpaired) electrons. The van der Waals surface area contributed by atoms with Crippen molar-refractivity contribution in [1.82, 2.24) is 4.57 Å².